The lowest BCUT2D eigenvalue weighted by atomic mass is 9.96. The molecule has 1 aliphatic rings. The Morgan fingerprint density at radius 3 is 2.79 bits per heavy atom. The molecule has 2 rings (SSSR count). The highest BCUT2D eigenvalue weighted by Gasteiger charge is 2.39. The van der Waals surface area contributed by atoms with Crippen molar-refractivity contribution >= 4 is 17.6 Å². The molecule has 2 N–H and O–H groups in total. The standard InChI is InChI=1S/C13H15FN2O3/c1-13(2)12(19)15-6-7-16(13)9-5-3-4-8(14)10(9)11(17)18/h3-5H,6-7H2,1-2H3,(H,15,19)(H,17,18). The van der Waals surface area contributed by atoms with E-state index >= 15 is 0 Å². The molecule has 0 atom stereocenters. The van der Waals surface area contributed by atoms with Gasteiger partial charge in [-0.1, -0.05) is 6.07 Å². The molecule has 1 fully saturated rings. The first-order chi connectivity index (χ1) is 8.85. The lowest BCUT2D eigenvalue weighted by molar-refractivity contribution is -0.126. The van der Waals surface area contributed by atoms with E-state index in [0.29, 0.717) is 13.1 Å². The van der Waals surface area contributed by atoms with Crippen molar-refractivity contribution in [2.45, 2.75) is 19.4 Å². The van der Waals surface area contributed by atoms with Crippen LogP contribution in [0.5, 0.6) is 0 Å². The Bertz CT molecular complexity index is 543. The van der Waals surface area contributed by atoms with Gasteiger partial charge in [-0.25, -0.2) is 9.18 Å². The molecular weight excluding hydrogens is 251 g/mol. The molecule has 0 aliphatic carbocycles. The Kier molecular flexibility index (Phi) is 3.18. The molecule has 102 valence electrons. The van der Waals surface area contributed by atoms with Crippen LogP contribution in [0, 0.1) is 5.82 Å². The van der Waals surface area contributed by atoms with Crippen LogP contribution in [0.2, 0.25) is 0 Å². The maximum absolute atomic E-state index is 13.7. The summed E-state index contributed by atoms with van der Waals surface area (Å²) in [6.45, 7) is 4.19. The number of rotatable bonds is 2. The van der Waals surface area contributed by atoms with Gasteiger partial charge >= 0.3 is 5.97 Å². The summed E-state index contributed by atoms with van der Waals surface area (Å²) in [6, 6.07) is 4.07. The predicted molar refractivity (Wildman–Crippen MR) is 67.8 cm³/mol. The number of carbonyl (C=O) groups excluding carboxylic acids is 1. The van der Waals surface area contributed by atoms with Gasteiger partial charge in [0.15, 0.2) is 0 Å². The maximum Gasteiger partial charge on any atom is 0.340 e. The number of carbonyl (C=O) groups is 2. The summed E-state index contributed by atoms with van der Waals surface area (Å²) < 4.78 is 13.7. The van der Waals surface area contributed by atoms with Crippen molar-refractivity contribution in [1.82, 2.24) is 5.32 Å². The van der Waals surface area contributed by atoms with Crippen LogP contribution in [0.3, 0.4) is 0 Å². The van der Waals surface area contributed by atoms with Gasteiger partial charge in [-0.2, -0.15) is 0 Å². The second kappa shape index (κ2) is 4.53. The number of carboxylic acids is 1. The van der Waals surface area contributed by atoms with Crippen molar-refractivity contribution < 1.29 is 19.1 Å². The van der Waals surface area contributed by atoms with Crippen LogP contribution in [0.4, 0.5) is 10.1 Å². The van der Waals surface area contributed by atoms with E-state index in [4.69, 9.17) is 5.11 Å². The van der Waals surface area contributed by atoms with E-state index in [1.54, 1.807) is 18.7 Å². The minimum atomic E-state index is -1.34. The van der Waals surface area contributed by atoms with Gasteiger partial charge in [-0.3, -0.25) is 4.79 Å². The van der Waals surface area contributed by atoms with Gasteiger partial charge in [0.1, 0.15) is 16.9 Å². The third-order valence-electron chi connectivity index (χ3n) is 3.35. The summed E-state index contributed by atoms with van der Waals surface area (Å²) in [7, 11) is 0. The van der Waals surface area contributed by atoms with Crippen LogP contribution < -0.4 is 10.2 Å². The minimum absolute atomic E-state index is 0.209. The van der Waals surface area contributed by atoms with Crippen LogP contribution in [0.25, 0.3) is 0 Å². The Balaban J connectivity index is 2.55. The average molecular weight is 266 g/mol. The first-order valence-electron chi connectivity index (χ1n) is 5.93. The molecule has 0 bridgehead atoms. The smallest absolute Gasteiger partial charge is 0.340 e. The summed E-state index contributed by atoms with van der Waals surface area (Å²) >= 11 is 0. The third-order valence-corrected chi connectivity index (χ3v) is 3.35. The molecule has 1 aromatic rings. The number of amides is 1. The van der Waals surface area contributed by atoms with Gasteiger partial charge in [0.2, 0.25) is 5.91 Å². The quantitative estimate of drug-likeness (QED) is 0.845. The van der Waals surface area contributed by atoms with Crippen molar-refractivity contribution in [3.05, 3.63) is 29.6 Å². The van der Waals surface area contributed by atoms with E-state index in [9.17, 15) is 14.0 Å². The second-order valence-electron chi connectivity index (χ2n) is 4.91. The number of nitrogens with one attached hydrogen (secondary N) is 1. The Morgan fingerprint density at radius 2 is 2.16 bits per heavy atom. The van der Waals surface area contributed by atoms with Crippen molar-refractivity contribution in [1.29, 1.82) is 0 Å². The van der Waals surface area contributed by atoms with Crippen LogP contribution in [0.15, 0.2) is 18.2 Å². The van der Waals surface area contributed by atoms with E-state index in [1.807, 2.05) is 0 Å². The molecule has 1 amide bonds. The highest BCUT2D eigenvalue weighted by molar-refractivity contribution is 5.97. The Labute approximate surface area is 110 Å². The molecule has 1 aliphatic heterocycles. The van der Waals surface area contributed by atoms with E-state index in [2.05, 4.69) is 5.32 Å². The number of hydrogen-bond acceptors (Lipinski definition) is 3. The van der Waals surface area contributed by atoms with Gasteiger partial charge in [0, 0.05) is 13.1 Å². The fourth-order valence-corrected chi connectivity index (χ4v) is 2.27. The number of anilines is 1. The molecule has 0 spiro atoms. The summed E-state index contributed by atoms with van der Waals surface area (Å²) in [4.78, 5) is 24.7. The fraction of sp³-hybridized carbons (Fsp3) is 0.385. The number of halogens is 1. The van der Waals surface area contributed by atoms with Gasteiger partial charge in [-0.05, 0) is 26.0 Å². The zero-order valence-corrected chi connectivity index (χ0v) is 10.7. The zero-order chi connectivity index (χ0) is 14.2. The monoisotopic (exact) mass is 266 g/mol. The molecule has 1 aromatic carbocycles. The largest absolute Gasteiger partial charge is 0.478 e. The maximum atomic E-state index is 13.7. The first-order valence-corrected chi connectivity index (χ1v) is 5.93. The summed E-state index contributed by atoms with van der Waals surface area (Å²) in [6.07, 6.45) is 0. The minimum Gasteiger partial charge on any atom is -0.478 e. The molecule has 0 aromatic heterocycles. The summed E-state index contributed by atoms with van der Waals surface area (Å²) in [5.74, 6) is -2.35. The number of carboxylic acid groups (broad SMARTS) is 1. The van der Waals surface area contributed by atoms with E-state index in [-0.39, 0.29) is 11.6 Å². The highest BCUT2D eigenvalue weighted by Crippen LogP contribution is 2.30. The molecule has 6 heteroatoms. The number of aromatic carboxylic acids is 1. The molecule has 0 radical (unpaired) electrons. The first kappa shape index (κ1) is 13.3. The molecule has 0 saturated carbocycles. The molecular formula is C13H15FN2O3. The third kappa shape index (κ3) is 2.14. The van der Waals surface area contributed by atoms with Crippen molar-refractivity contribution in [3.63, 3.8) is 0 Å². The second-order valence-corrected chi connectivity index (χ2v) is 4.91. The topological polar surface area (TPSA) is 69.6 Å². The number of hydrogen-bond donors (Lipinski definition) is 2. The van der Waals surface area contributed by atoms with Crippen molar-refractivity contribution in [3.8, 4) is 0 Å². The highest BCUT2D eigenvalue weighted by atomic mass is 19.1. The molecule has 19 heavy (non-hydrogen) atoms. The van der Waals surface area contributed by atoms with Crippen molar-refractivity contribution in [2.75, 3.05) is 18.0 Å². The molecule has 1 saturated heterocycles. The predicted octanol–water partition coefficient (Wildman–Crippen LogP) is 1.24. The Morgan fingerprint density at radius 1 is 1.47 bits per heavy atom. The van der Waals surface area contributed by atoms with Gasteiger partial charge in [-0.15, -0.1) is 0 Å². The number of nitrogens with zero attached hydrogens (tertiary/aromatic N) is 1. The van der Waals surface area contributed by atoms with Gasteiger partial charge in [0.05, 0.1) is 5.69 Å². The van der Waals surface area contributed by atoms with Crippen LogP contribution in [-0.4, -0.2) is 35.6 Å². The van der Waals surface area contributed by atoms with Gasteiger partial charge in [0.25, 0.3) is 0 Å². The zero-order valence-electron chi connectivity index (χ0n) is 10.7. The molecule has 1 heterocycles. The Hall–Kier alpha value is -2.11. The number of piperazine rings is 1. The summed E-state index contributed by atoms with van der Waals surface area (Å²) in [5.41, 5.74) is -1.09. The molecule has 0 unspecified atom stereocenters. The lowest BCUT2D eigenvalue weighted by Gasteiger charge is -2.43. The average Bonchev–Trinajstić information content (AvgIpc) is 2.31. The normalized spacial score (nSPS) is 18.1. The van der Waals surface area contributed by atoms with E-state index in [0.717, 1.165) is 6.07 Å². The number of benzene rings is 1. The van der Waals surface area contributed by atoms with E-state index < -0.39 is 22.9 Å². The summed E-state index contributed by atoms with van der Waals surface area (Å²) in [5, 5.41) is 11.9. The van der Waals surface area contributed by atoms with Crippen LogP contribution in [-0.2, 0) is 4.79 Å². The van der Waals surface area contributed by atoms with Crippen LogP contribution >= 0.6 is 0 Å². The van der Waals surface area contributed by atoms with E-state index in [1.165, 1.54) is 12.1 Å². The lowest BCUT2D eigenvalue weighted by Crippen LogP contribution is -2.62. The molecule has 5 nitrogen and oxygen atoms in total. The fourth-order valence-electron chi connectivity index (χ4n) is 2.27. The van der Waals surface area contributed by atoms with Crippen LogP contribution in [0.1, 0.15) is 24.2 Å². The SMILES string of the molecule is CC1(C)C(=O)NCCN1c1cccc(F)c1C(=O)O. The van der Waals surface area contributed by atoms with Gasteiger partial charge < -0.3 is 15.3 Å². The van der Waals surface area contributed by atoms with Crippen molar-refractivity contribution in [2.24, 2.45) is 0 Å².